The van der Waals surface area contributed by atoms with Crippen molar-refractivity contribution in [3.63, 3.8) is 0 Å². The van der Waals surface area contributed by atoms with Crippen LogP contribution in [0.3, 0.4) is 0 Å². The number of hydrogen-bond acceptors (Lipinski definition) is 6. The summed E-state index contributed by atoms with van der Waals surface area (Å²) in [6.45, 7) is 5.68. The molecule has 2 saturated heterocycles. The first-order valence-electron chi connectivity index (χ1n) is 13.1. The molecule has 37 heavy (non-hydrogen) atoms. The molecule has 2 aromatic carbocycles. The number of carbonyl (C=O) groups excluding carboxylic acids is 2. The van der Waals surface area contributed by atoms with Crippen LogP contribution in [0.25, 0.3) is 0 Å². The summed E-state index contributed by atoms with van der Waals surface area (Å²) in [5.74, 6) is 6.03. The van der Waals surface area contributed by atoms with E-state index in [0.717, 1.165) is 29.9 Å². The van der Waals surface area contributed by atoms with Gasteiger partial charge >= 0.3 is 6.03 Å². The minimum Gasteiger partial charge on any atom is -0.388 e. The number of nitrogens with one attached hydrogen (secondary N) is 1. The predicted octanol–water partition coefficient (Wildman–Crippen LogP) is 2.19. The van der Waals surface area contributed by atoms with Gasteiger partial charge in [0.25, 0.3) is 0 Å². The Labute approximate surface area is 219 Å². The van der Waals surface area contributed by atoms with Crippen molar-refractivity contribution < 1.29 is 14.7 Å². The Morgan fingerprint density at radius 1 is 0.838 bits per heavy atom. The summed E-state index contributed by atoms with van der Waals surface area (Å²) in [5, 5.41) is 11.8. The number of nitrogens with zero attached hydrogens (tertiary/aromatic N) is 3. The Bertz CT molecular complexity index is 1110. The first kappa shape index (κ1) is 26.5. The van der Waals surface area contributed by atoms with Crippen LogP contribution in [0, 0.1) is 11.8 Å². The van der Waals surface area contributed by atoms with Gasteiger partial charge in [0.05, 0.1) is 0 Å². The van der Waals surface area contributed by atoms with Gasteiger partial charge in [-0.1, -0.05) is 11.8 Å². The zero-order valence-corrected chi connectivity index (χ0v) is 21.5. The fourth-order valence-corrected chi connectivity index (χ4v) is 4.80. The number of anilines is 2. The maximum absolute atomic E-state index is 12.6. The highest BCUT2D eigenvalue weighted by molar-refractivity contribution is 5.90. The summed E-state index contributed by atoms with van der Waals surface area (Å²) in [5.41, 5.74) is 10.1. The zero-order valence-electron chi connectivity index (χ0n) is 21.5. The zero-order chi connectivity index (χ0) is 26.2. The largest absolute Gasteiger partial charge is 0.388 e. The van der Waals surface area contributed by atoms with Gasteiger partial charge in [-0.25, -0.2) is 4.79 Å². The predicted molar refractivity (Wildman–Crippen MR) is 147 cm³/mol. The first-order chi connectivity index (χ1) is 17.9. The summed E-state index contributed by atoms with van der Waals surface area (Å²) < 4.78 is 0. The Hall–Kier alpha value is -3.54. The van der Waals surface area contributed by atoms with Crippen molar-refractivity contribution >= 4 is 23.2 Å². The van der Waals surface area contributed by atoms with E-state index >= 15 is 0 Å². The maximum atomic E-state index is 12.6. The third-order valence-electron chi connectivity index (χ3n) is 7.05. The molecule has 2 fully saturated rings. The highest BCUT2D eigenvalue weighted by atomic mass is 16.3. The van der Waals surface area contributed by atoms with Crippen molar-refractivity contribution in [2.75, 3.05) is 55.7 Å². The molecule has 2 aliphatic rings. The standard InChI is InChI=1S/C29H37N5O3/c1-22(30)28(27(36)21-35)31-29(37)34-19-17-33(18-20-34)26-13-9-24(10-14-26)6-5-23-7-11-25(12-8-23)32-15-3-2-4-16-32/h7-14,22,28,35H,2-4,15-21,30H2,1H3,(H,31,37)/t22-,28+/m1/s1. The fraction of sp³-hybridized carbons (Fsp3) is 0.448. The number of nitrogens with two attached hydrogens (primary N) is 1. The number of amides is 2. The van der Waals surface area contributed by atoms with Gasteiger partial charge in [0.1, 0.15) is 12.6 Å². The van der Waals surface area contributed by atoms with Crippen LogP contribution in [-0.4, -0.2) is 79.8 Å². The van der Waals surface area contributed by atoms with Gasteiger partial charge in [-0.2, -0.15) is 0 Å². The molecule has 0 radical (unpaired) electrons. The Kier molecular flexibility index (Phi) is 9.04. The molecular formula is C29H37N5O3. The Balaban J connectivity index is 1.28. The third kappa shape index (κ3) is 7.03. The molecule has 196 valence electrons. The average Bonchev–Trinajstić information content (AvgIpc) is 2.95. The topological polar surface area (TPSA) is 102 Å². The van der Waals surface area contributed by atoms with Crippen LogP contribution in [0.5, 0.6) is 0 Å². The number of piperazine rings is 1. The maximum Gasteiger partial charge on any atom is 0.318 e. The molecule has 2 aliphatic heterocycles. The summed E-state index contributed by atoms with van der Waals surface area (Å²) in [6.07, 6.45) is 3.87. The number of aliphatic hydroxyl groups excluding tert-OH is 1. The number of aliphatic hydroxyl groups is 1. The second-order valence-electron chi connectivity index (χ2n) is 9.78. The highest BCUT2D eigenvalue weighted by Crippen LogP contribution is 2.20. The lowest BCUT2D eigenvalue weighted by atomic mass is 10.1. The van der Waals surface area contributed by atoms with E-state index in [9.17, 15) is 9.59 Å². The molecule has 2 amide bonds. The van der Waals surface area contributed by atoms with Crippen molar-refractivity contribution in [3.8, 4) is 11.8 Å². The van der Waals surface area contributed by atoms with Crippen LogP contribution >= 0.6 is 0 Å². The van der Waals surface area contributed by atoms with Crippen LogP contribution in [0.15, 0.2) is 48.5 Å². The van der Waals surface area contributed by atoms with Crippen LogP contribution in [0.1, 0.15) is 37.3 Å². The highest BCUT2D eigenvalue weighted by Gasteiger charge is 2.28. The van der Waals surface area contributed by atoms with Gasteiger partial charge in [0.15, 0.2) is 5.78 Å². The smallest absolute Gasteiger partial charge is 0.318 e. The molecule has 8 nitrogen and oxygen atoms in total. The van der Waals surface area contributed by atoms with Crippen molar-refractivity contribution in [1.82, 2.24) is 10.2 Å². The van der Waals surface area contributed by atoms with Crippen LogP contribution in [0.4, 0.5) is 16.2 Å². The van der Waals surface area contributed by atoms with E-state index in [1.807, 2.05) is 12.1 Å². The minimum absolute atomic E-state index is 0.335. The number of rotatable bonds is 6. The van der Waals surface area contributed by atoms with E-state index in [1.54, 1.807) is 11.8 Å². The SMILES string of the molecule is C[C@@H](N)[C@H](NC(=O)N1CCN(c2ccc(C#Cc3ccc(N4CCCCC4)cc3)cc2)CC1)C(=O)CO. The number of carbonyl (C=O) groups is 2. The lowest BCUT2D eigenvalue weighted by Gasteiger charge is -2.37. The van der Waals surface area contributed by atoms with Crippen molar-refractivity contribution in [1.29, 1.82) is 0 Å². The molecule has 0 spiro atoms. The van der Waals surface area contributed by atoms with E-state index in [1.165, 1.54) is 24.9 Å². The number of piperidine rings is 1. The molecule has 2 aromatic rings. The number of hydrogen-bond donors (Lipinski definition) is 3. The molecule has 8 heteroatoms. The molecule has 4 rings (SSSR count). The van der Waals surface area contributed by atoms with Crippen LogP contribution in [-0.2, 0) is 4.79 Å². The van der Waals surface area contributed by atoms with Gasteiger partial charge in [-0.3, -0.25) is 4.79 Å². The molecule has 2 heterocycles. The van der Waals surface area contributed by atoms with Gasteiger partial charge < -0.3 is 30.9 Å². The fourth-order valence-electron chi connectivity index (χ4n) is 4.80. The molecule has 0 saturated carbocycles. The van der Waals surface area contributed by atoms with E-state index in [4.69, 9.17) is 10.8 Å². The molecular weight excluding hydrogens is 466 g/mol. The number of benzene rings is 2. The summed E-state index contributed by atoms with van der Waals surface area (Å²) in [6, 6.07) is 14.9. The summed E-state index contributed by atoms with van der Waals surface area (Å²) in [4.78, 5) is 30.8. The van der Waals surface area contributed by atoms with Crippen molar-refractivity contribution in [3.05, 3.63) is 59.7 Å². The summed E-state index contributed by atoms with van der Waals surface area (Å²) in [7, 11) is 0. The van der Waals surface area contributed by atoms with Crippen molar-refractivity contribution in [2.45, 2.75) is 38.3 Å². The van der Waals surface area contributed by atoms with Crippen molar-refractivity contribution in [2.24, 2.45) is 5.73 Å². The lowest BCUT2D eigenvalue weighted by Crippen LogP contribution is -2.58. The molecule has 2 atom stereocenters. The Morgan fingerprint density at radius 2 is 1.32 bits per heavy atom. The van der Waals surface area contributed by atoms with Gasteiger partial charge in [-0.05, 0) is 74.7 Å². The number of urea groups is 1. The molecule has 0 unspecified atom stereocenters. The number of ketones is 1. The van der Waals surface area contributed by atoms with Crippen LogP contribution < -0.4 is 20.9 Å². The second-order valence-corrected chi connectivity index (χ2v) is 9.78. The van der Waals surface area contributed by atoms with E-state index in [-0.39, 0.29) is 6.03 Å². The first-order valence-corrected chi connectivity index (χ1v) is 13.1. The average molecular weight is 504 g/mol. The molecule has 0 aliphatic carbocycles. The Morgan fingerprint density at radius 3 is 1.78 bits per heavy atom. The van der Waals surface area contributed by atoms with Crippen LogP contribution in [0.2, 0.25) is 0 Å². The quantitative estimate of drug-likeness (QED) is 0.523. The van der Waals surface area contributed by atoms with E-state index < -0.39 is 24.5 Å². The molecule has 0 aromatic heterocycles. The summed E-state index contributed by atoms with van der Waals surface area (Å²) >= 11 is 0. The minimum atomic E-state index is -0.892. The lowest BCUT2D eigenvalue weighted by molar-refractivity contribution is -0.123. The van der Waals surface area contributed by atoms with Gasteiger partial charge in [0.2, 0.25) is 0 Å². The normalized spacial score (nSPS) is 17.4. The van der Waals surface area contributed by atoms with Gasteiger partial charge in [-0.15, -0.1) is 0 Å². The second kappa shape index (κ2) is 12.6. The van der Waals surface area contributed by atoms with Gasteiger partial charge in [0, 0.05) is 67.8 Å². The van der Waals surface area contributed by atoms with E-state index in [2.05, 4.69) is 63.4 Å². The van der Waals surface area contributed by atoms with E-state index in [0.29, 0.717) is 26.2 Å². The molecule has 4 N–H and O–H groups in total. The third-order valence-corrected chi connectivity index (χ3v) is 7.05. The number of Topliss-reactive ketones (excluding diaryl/α,β-unsaturated/α-hetero) is 1. The molecule has 0 bridgehead atoms. The monoisotopic (exact) mass is 503 g/mol.